The van der Waals surface area contributed by atoms with Crippen LogP contribution in [0.5, 0.6) is 5.75 Å². The van der Waals surface area contributed by atoms with Crippen LogP contribution in [0.25, 0.3) is 0 Å². The second-order valence-corrected chi connectivity index (χ2v) is 5.38. The zero-order valence-corrected chi connectivity index (χ0v) is 12.1. The van der Waals surface area contributed by atoms with Crippen LogP contribution in [0, 0.1) is 6.92 Å². The highest BCUT2D eigenvalue weighted by atomic mass is 16.5. The van der Waals surface area contributed by atoms with E-state index in [1.165, 1.54) is 4.90 Å². The van der Waals surface area contributed by atoms with Crippen molar-refractivity contribution in [3.8, 4) is 5.75 Å². The molecule has 22 heavy (non-hydrogen) atoms. The fourth-order valence-corrected chi connectivity index (χ4v) is 2.87. The number of fused-ring (bicyclic) bond motifs is 1. The van der Waals surface area contributed by atoms with Crippen molar-refractivity contribution in [2.75, 3.05) is 6.61 Å². The Hall–Kier alpha value is -2.37. The summed E-state index contributed by atoms with van der Waals surface area (Å²) in [7, 11) is 0. The first-order chi connectivity index (χ1) is 10.6. The zero-order chi connectivity index (χ0) is 15.7. The third kappa shape index (κ3) is 2.45. The van der Waals surface area contributed by atoms with Crippen LogP contribution >= 0.6 is 0 Å². The van der Waals surface area contributed by atoms with E-state index in [0.29, 0.717) is 37.3 Å². The molecule has 2 aliphatic rings. The smallest absolute Gasteiger partial charge is 0.255 e. The molecule has 0 spiro atoms. The predicted molar refractivity (Wildman–Crippen MR) is 78.0 cm³/mol. The number of carbonyl (C=O) groups excluding carboxylic acids is 3. The Kier molecular flexibility index (Phi) is 3.83. The van der Waals surface area contributed by atoms with E-state index in [1.807, 2.05) is 6.07 Å². The maximum absolute atomic E-state index is 12.5. The summed E-state index contributed by atoms with van der Waals surface area (Å²) in [4.78, 5) is 37.3. The van der Waals surface area contributed by atoms with E-state index in [1.54, 1.807) is 12.1 Å². The number of hydrogen-bond donors (Lipinski definition) is 1. The van der Waals surface area contributed by atoms with E-state index in [0.717, 1.165) is 5.56 Å². The number of nitrogens with zero attached hydrogens (tertiary/aromatic N) is 1. The van der Waals surface area contributed by atoms with E-state index >= 15 is 0 Å². The van der Waals surface area contributed by atoms with Gasteiger partial charge in [0.05, 0.1) is 13.2 Å². The maximum atomic E-state index is 12.5. The Balaban J connectivity index is 1.84. The molecule has 2 heterocycles. The van der Waals surface area contributed by atoms with Crippen molar-refractivity contribution in [2.45, 2.75) is 31.8 Å². The van der Waals surface area contributed by atoms with Gasteiger partial charge in [0.25, 0.3) is 5.91 Å². The minimum Gasteiger partial charge on any atom is -0.493 e. The normalized spacial score (nSPS) is 20.9. The second kappa shape index (κ2) is 5.79. The van der Waals surface area contributed by atoms with Crippen LogP contribution in [0.4, 0.5) is 0 Å². The average Bonchev–Trinajstić information content (AvgIpc) is 2.83. The summed E-state index contributed by atoms with van der Waals surface area (Å²) in [5.41, 5.74) is 1.36. The number of imide groups is 1. The van der Waals surface area contributed by atoms with Crippen LogP contribution < -0.4 is 10.1 Å². The number of nitrogens with one attached hydrogen (secondary N) is 1. The number of rotatable bonds is 4. The lowest BCUT2D eigenvalue weighted by Crippen LogP contribution is -2.52. The summed E-state index contributed by atoms with van der Waals surface area (Å²) >= 11 is 0. The van der Waals surface area contributed by atoms with Gasteiger partial charge in [-0.2, -0.15) is 0 Å². The van der Waals surface area contributed by atoms with Crippen molar-refractivity contribution in [1.29, 1.82) is 0 Å². The van der Waals surface area contributed by atoms with Crippen LogP contribution in [0.1, 0.15) is 35.2 Å². The molecule has 115 valence electrons. The lowest BCUT2D eigenvalue weighted by Gasteiger charge is -2.29. The van der Waals surface area contributed by atoms with Gasteiger partial charge in [-0.15, -0.1) is 0 Å². The van der Waals surface area contributed by atoms with Crippen molar-refractivity contribution in [2.24, 2.45) is 0 Å². The van der Waals surface area contributed by atoms with Gasteiger partial charge in [0.1, 0.15) is 11.8 Å². The Morgan fingerprint density at radius 2 is 2.14 bits per heavy atom. The molecule has 3 amide bonds. The van der Waals surface area contributed by atoms with Crippen LogP contribution in [0.3, 0.4) is 0 Å². The van der Waals surface area contributed by atoms with Crippen LogP contribution in [-0.4, -0.2) is 35.3 Å². The third-order valence-electron chi connectivity index (χ3n) is 3.94. The highest BCUT2D eigenvalue weighted by Gasteiger charge is 2.40. The standard InChI is InChI=1S/C16H17N2O4/c1-2-8-22-13-5-3-4-10-11(13)9-18(16(10)21)12-6-7-14(19)17-15(12)20/h3-5,12H,1-2,6-9H2,(H,17,19,20). The number of ether oxygens (including phenoxy) is 1. The molecule has 3 rings (SSSR count). The molecule has 1 aromatic carbocycles. The van der Waals surface area contributed by atoms with Gasteiger partial charge in [0, 0.05) is 17.5 Å². The Bertz CT molecular complexity index is 641. The summed E-state index contributed by atoms with van der Waals surface area (Å²) in [5, 5.41) is 2.29. The summed E-state index contributed by atoms with van der Waals surface area (Å²) in [6, 6.07) is 4.72. The van der Waals surface area contributed by atoms with E-state index < -0.39 is 11.9 Å². The molecule has 0 saturated carbocycles. The largest absolute Gasteiger partial charge is 0.493 e. The fourth-order valence-electron chi connectivity index (χ4n) is 2.87. The molecule has 1 saturated heterocycles. The van der Waals surface area contributed by atoms with E-state index in [9.17, 15) is 14.4 Å². The molecule has 1 N–H and O–H groups in total. The second-order valence-electron chi connectivity index (χ2n) is 5.38. The fraction of sp³-hybridized carbons (Fsp3) is 0.375. The van der Waals surface area contributed by atoms with Gasteiger partial charge in [-0.05, 0) is 31.9 Å². The first-order valence-electron chi connectivity index (χ1n) is 7.30. The molecule has 1 atom stereocenters. The first-order valence-corrected chi connectivity index (χ1v) is 7.30. The average molecular weight is 301 g/mol. The number of hydrogen-bond acceptors (Lipinski definition) is 4. The van der Waals surface area contributed by atoms with E-state index in [2.05, 4.69) is 12.2 Å². The minimum atomic E-state index is -0.599. The van der Waals surface area contributed by atoms with Gasteiger partial charge in [-0.3, -0.25) is 19.7 Å². The maximum Gasteiger partial charge on any atom is 0.255 e. The zero-order valence-electron chi connectivity index (χ0n) is 12.1. The molecule has 6 heteroatoms. The third-order valence-corrected chi connectivity index (χ3v) is 3.94. The van der Waals surface area contributed by atoms with Gasteiger partial charge in [-0.25, -0.2) is 0 Å². The molecule has 6 nitrogen and oxygen atoms in total. The molecule has 0 bridgehead atoms. The lowest BCUT2D eigenvalue weighted by molar-refractivity contribution is -0.136. The van der Waals surface area contributed by atoms with Crippen molar-refractivity contribution in [3.05, 3.63) is 36.2 Å². The van der Waals surface area contributed by atoms with Crippen LogP contribution in [0.2, 0.25) is 0 Å². The van der Waals surface area contributed by atoms with Gasteiger partial charge in [0.15, 0.2) is 0 Å². The SMILES string of the molecule is [CH2]CCOc1cccc2c1CN(C1CCC(=O)NC1=O)C2=O. The topological polar surface area (TPSA) is 75.7 Å². The highest BCUT2D eigenvalue weighted by Crippen LogP contribution is 2.33. The monoisotopic (exact) mass is 301 g/mol. The van der Waals surface area contributed by atoms with Gasteiger partial charge < -0.3 is 9.64 Å². The number of benzene rings is 1. The molecule has 2 aliphatic heterocycles. The molecule has 0 aliphatic carbocycles. The number of piperidine rings is 1. The van der Waals surface area contributed by atoms with Crippen molar-refractivity contribution < 1.29 is 19.1 Å². The highest BCUT2D eigenvalue weighted by molar-refractivity contribution is 6.05. The molecule has 1 unspecified atom stereocenters. The summed E-state index contributed by atoms with van der Waals surface area (Å²) in [5.74, 6) is -0.226. The molecular formula is C16H17N2O4. The number of amides is 3. The number of carbonyl (C=O) groups is 3. The quantitative estimate of drug-likeness (QED) is 0.844. The Morgan fingerprint density at radius 1 is 1.32 bits per heavy atom. The van der Waals surface area contributed by atoms with Crippen LogP contribution in [0.15, 0.2) is 18.2 Å². The van der Waals surface area contributed by atoms with Crippen molar-refractivity contribution in [1.82, 2.24) is 10.2 Å². The van der Waals surface area contributed by atoms with Crippen molar-refractivity contribution >= 4 is 17.7 Å². The lowest BCUT2D eigenvalue weighted by atomic mass is 10.0. The Labute approximate surface area is 128 Å². The summed E-state index contributed by atoms with van der Waals surface area (Å²) in [6.07, 6.45) is 1.25. The molecular weight excluding hydrogens is 284 g/mol. The first kappa shape index (κ1) is 14.6. The van der Waals surface area contributed by atoms with E-state index in [4.69, 9.17) is 4.74 Å². The van der Waals surface area contributed by atoms with E-state index in [-0.39, 0.29) is 18.2 Å². The summed E-state index contributed by atoms with van der Waals surface area (Å²) in [6.45, 7) is 4.53. The minimum absolute atomic E-state index is 0.190. The molecule has 1 fully saturated rings. The van der Waals surface area contributed by atoms with Crippen molar-refractivity contribution in [3.63, 3.8) is 0 Å². The molecule has 0 aromatic heterocycles. The van der Waals surface area contributed by atoms with Gasteiger partial charge in [0.2, 0.25) is 11.8 Å². The molecule has 1 aromatic rings. The molecule has 1 radical (unpaired) electrons. The van der Waals surface area contributed by atoms with Gasteiger partial charge >= 0.3 is 0 Å². The predicted octanol–water partition coefficient (Wildman–Crippen LogP) is 1.05. The Morgan fingerprint density at radius 3 is 2.86 bits per heavy atom. The summed E-state index contributed by atoms with van der Waals surface area (Å²) < 4.78 is 5.63. The van der Waals surface area contributed by atoms with Gasteiger partial charge in [-0.1, -0.05) is 6.07 Å². The van der Waals surface area contributed by atoms with Crippen LogP contribution in [-0.2, 0) is 16.1 Å².